The highest BCUT2D eigenvalue weighted by Crippen LogP contribution is 2.37. The Morgan fingerprint density at radius 3 is 2.45 bits per heavy atom. The van der Waals surface area contributed by atoms with Crippen LogP contribution in [0.25, 0.3) is 0 Å². The summed E-state index contributed by atoms with van der Waals surface area (Å²) in [5.74, 6) is 0.800. The molecule has 4 rings (SSSR count). The second-order valence-corrected chi connectivity index (χ2v) is 8.36. The number of hydrazone groups is 1. The van der Waals surface area contributed by atoms with Crippen LogP contribution in [0, 0.1) is 6.92 Å². The van der Waals surface area contributed by atoms with E-state index in [1.165, 1.54) is 16.7 Å². The van der Waals surface area contributed by atoms with Crippen molar-refractivity contribution in [3.63, 3.8) is 0 Å². The third kappa shape index (κ3) is 5.08. The number of anilines is 1. The monoisotopic (exact) mass is 441 g/mol. The van der Waals surface area contributed by atoms with E-state index in [1.807, 2.05) is 36.4 Å². The van der Waals surface area contributed by atoms with E-state index in [9.17, 15) is 4.79 Å². The second kappa shape index (κ2) is 10.3. The Balaban J connectivity index is 1.64. The number of hydrogen-bond acceptors (Lipinski definition) is 4. The molecule has 5 heteroatoms. The Bertz CT molecular complexity index is 1120. The van der Waals surface area contributed by atoms with Gasteiger partial charge in [-0.25, -0.2) is 0 Å². The number of benzene rings is 3. The number of amides is 1. The first-order chi connectivity index (χ1) is 16.1. The first-order valence-electron chi connectivity index (χ1n) is 11.6. The molecule has 33 heavy (non-hydrogen) atoms. The number of methoxy groups -OCH3 is 1. The third-order valence-electron chi connectivity index (χ3n) is 6.08. The summed E-state index contributed by atoms with van der Waals surface area (Å²) in [6.07, 6.45) is 2.84. The van der Waals surface area contributed by atoms with E-state index in [0.717, 1.165) is 36.4 Å². The van der Waals surface area contributed by atoms with Crippen molar-refractivity contribution < 1.29 is 9.53 Å². The van der Waals surface area contributed by atoms with Crippen LogP contribution in [0.5, 0.6) is 5.75 Å². The zero-order valence-electron chi connectivity index (χ0n) is 19.5. The SMILES string of the molecule is CCCCNC(=O)c1ccc(N2N=C(c3ccccc3C)CC2c2ccc(OC)cc2)cc1. The van der Waals surface area contributed by atoms with Crippen LogP contribution in [0.2, 0.25) is 0 Å². The van der Waals surface area contributed by atoms with Gasteiger partial charge >= 0.3 is 0 Å². The van der Waals surface area contributed by atoms with E-state index in [4.69, 9.17) is 9.84 Å². The Morgan fingerprint density at radius 1 is 1.06 bits per heavy atom. The van der Waals surface area contributed by atoms with Gasteiger partial charge in [0, 0.05) is 24.1 Å². The number of carbonyl (C=O) groups is 1. The summed E-state index contributed by atoms with van der Waals surface area (Å²) < 4.78 is 5.34. The highest BCUT2D eigenvalue weighted by Gasteiger charge is 2.30. The quantitative estimate of drug-likeness (QED) is 0.444. The number of hydrogen-bond donors (Lipinski definition) is 1. The van der Waals surface area contributed by atoms with Crippen molar-refractivity contribution in [1.29, 1.82) is 0 Å². The fourth-order valence-corrected chi connectivity index (χ4v) is 4.14. The molecule has 3 aromatic rings. The van der Waals surface area contributed by atoms with Crippen LogP contribution >= 0.6 is 0 Å². The average Bonchev–Trinajstić information content (AvgIpc) is 3.30. The number of nitrogens with zero attached hydrogens (tertiary/aromatic N) is 2. The van der Waals surface area contributed by atoms with Gasteiger partial charge in [-0.2, -0.15) is 5.10 Å². The van der Waals surface area contributed by atoms with Gasteiger partial charge in [-0.1, -0.05) is 49.7 Å². The summed E-state index contributed by atoms with van der Waals surface area (Å²) in [5, 5.41) is 10.1. The molecule has 5 nitrogen and oxygen atoms in total. The lowest BCUT2D eigenvalue weighted by molar-refractivity contribution is 0.0953. The zero-order chi connectivity index (χ0) is 23.2. The maximum atomic E-state index is 12.4. The molecule has 170 valence electrons. The number of ether oxygens (including phenoxy) is 1. The third-order valence-corrected chi connectivity index (χ3v) is 6.08. The van der Waals surface area contributed by atoms with Gasteiger partial charge in [0.1, 0.15) is 5.75 Å². The van der Waals surface area contributed by atoms with Crippen LogP contribution in [-0.2, 0) is 0 Å². The molecule has 0 saturated heterocycles. The molecule has 1 atom stereocenters. The maximum Gasteiger partial charge on any atom is 0.251 e. The van der Waals surface area contributed by atoms with Crippen LogP contribution in [0.4, 0.5) is 5.69 Å². The molecule has 0 bridgehead atoms. The van der Waals surface area contributed by atoms with Crippen LogP contribution in [-0.4, -0.2) is 25.3 Å². The van der Waals surface area contributed by atoms with Crippen LogP contribution in [0.1, 0.15) is 59.3 Å². The molecule has 1 aliphatic heterocycles. The first kappa shape index (κ1) is 22.6. The molecule has 0 aromatic heterocycles. The Hall–Kier alpha value is -3.60. The number of nitrogens with one attached hydrogen (secondary N) is 1. The van der Waals surface area contributed by atoms with E-state index < -0.39 is 0 Å². The molecule has 0 fully saturated rings. The molecule has 1 heterocycles. The van der Waals surface area contributed by atoms with Gasteiger partial charge in [-0.05, 0) is 60.9 Å². The van der Waals surface area contributed by atoms with Gasteiger partial charge in [-0.3, -0.25) is 9.80 Å². The molecule has 0 aliphatic carbocycles. The van der Waals surface area contributed by atoms with Gasteiger partial charge in [0.25, 0.3) is 5.91 Å². The highest BCUT2D eigenvalue weighted by atomic mass is 16.5. The van der Waals surface area contributed by atoms with Crippen LogP contribution in [0.15, 0.2) is 77.9 Å². The summed E-state index contributed by atoms with van der Waals surface area (Å²) in [5.41, 5.74) is 6.25. The lowest BCUT2D eigenvalue weighted by Gasteiger charge is -2.24. The predicted octanol–water partition coefficient (Wildman–Crippen LogP) is 5.89. The van der Waals surface area contributed by atoms with Gasteiger partial charge in [0.15, 0.2) is 0 Å². The van der Waals surface area contributed by atoms with Crippen molar-refractivity contribution in [3.05, 3.63) is 95.1 Å². The fourth-order valence-electron chi connectivity index (χ4n) is 4.14. The molecular formula is C28H31N3O2. The molecule has 0 radical (unpaired) electrons. The van der Waals surface area contributed by atoms with Crippen LogP contribution < -0.4 is 15.1 Å². The minimum atomic E-state index is -0.0350. The molecular weight excluding hydrogens is 410 g/mol. The first-order valence-corrected chi connectivity index (χ1v) is 11.6. The standard InChI is InChI=1S/C28H31N3O2/c1-4-5-18-29-28(32)22-10-14-23(15-11-22)31-27(21-12-16-24(33-3)17-13-21)19-26(30-31)25-9-7-6-8-20(25)2/h6-17,27H,4-5,18-19H2,1-3H3,(H,29,32). The number of aryl methyl sites for hydroxylation is 1. The molecule has 1 amide bonds. The summed E-state index contributed by atoms with van der Waals surface area (Å²) in [6.45, 7) is 4.93. The normalized spacial score (nSPS) is 15.3. The van der Waals surface area contributed by atoms with Crippen molar-refractivity contribution in [2.45, 2.75) is 39.2 Å². The van der Waals surface area contributed by atoms with Crippen molar-refractivity contribution in [2.75, 3.05) is 18.7 Å². The Kier molecular flexibility index (Phi) is 7.08. The summed E-state index contributed by atoms with van der Waals surface area (Å²) >= 11 is 0. The molecule has 0 saturated carbocycles. The van der Waals surface area contributed by atoms with Crippen molar-refractivity contribution >= 4 is 17.3 Å². The maximum absolute atomic E-state index is 12.4. The smallest absolute Gasteiger partial charge is 0.251 e. The fraction of sp³-hybridized carbons (Fsp3) is 0.286. The van der Waals surface area contributed by atoms with E-state index >= 15 is 0 Å². The molecule has 3 aromatic carbocycles. The van der Waals surface area contributed by atoms with E-state index in [0.29, 0.717) is 12.1 Å². The van der Waals surface area contributed by atoms with E-state index in [-0.39, 0.29) is 11.9 Å². The lowest BCUT2D eigenvalue weighted by atomic mass is 9.96. The van der Waals surface area contributed by atoms with E-state index in [2.05, 4.69) is 60.6 Å². The van der Waals surface area contributed by atoms with Gasteiger partial charge in [0.2, 0.25) is 0 Å². The second-order valence-electron chi connectivity index (χ2n) is 8.36. The summed E-state index contributed by atoms with van der Waals surface area (Å²) in [6, 6.07) is 24.3. The Labute approximate surface area is 196 Å². The summed E-state index contributed by atoms with van der Waals surface area (Å²) in [4.78, 5) is 12.4. The van der Waals surface area contributed by atoms with Gasteiger partial charge < -0.3 is 10.1 Å². The lowest BCUT2D eigenvalue weighted by Crippen LogP contribution is -2.24. The Morgan fingerprint density at radius 2 is 1.79 bits per heavy atom. The van der Waals surface area contributed by atoms with E-state index in [1.54, 1.807) is 7.11 Å². The number of rotatable bonds is 8. The number of unbranched alkanes of at least 4 members (excludes halogenated alkanes) is 1. The topological polar surface area (TPSA) is 53.9 Å². The molecule has 1 aliphatic rings. The van der Waals surface area contributed by atoms with Crippen molar-refractivity contribution in [2.24, 2.45) is 5.10 Å². The average molecular weight is 442 g/mol. The van der Waals surface area contributed by atoms with Gasteiger partial charge in [0.05, 0.1) is 24.6 Å². The largest absolute Gasteiger partial charge is 0.497 e. The van der Waals surface area contributed by atoms with Gasteiger partial charge in [-0.15, -0.1) is 0 Å². The van der Waals surface area contributed by atoms with Crippen molar-refractivity contribution in [1.82, 2.24) is 5.32 Å². The van der Waals surface area contributed by atoms with Crippen molar-refractivity contribution in [3.8, 4) is 5.75 Å². The zero-order valence-corrected chi connectivity index (χ0v) is 19.5. The molecule has 1 unspecified atom stereocenters. The predicted molar refractivity (Wildman–Crippen MR) is 134 cm³/mol. The highest BCUT2D eigenvalue weighted by molar-refractivity contribution is 6.04. The van der Waals surface area contributed by atoms with Crippen LogP contribution in [0.3, 0.4) is 0 Å². The number of carbonyl (C=O) groups excluding carboxylic acids is 1. The minimum absolute atomic E-state index is 0.0350. The molecule has 1 N–H and O–H groups in total. The molecule has 0 spiro atoms. The summed E-state index contributed by atoms with van der Waals surface area (Å²) in [7, 11) is 1.68. The minimum Gasteiger partial charge on any atom is -0.497 e.